The summed E-state index contributed by atoms with van der Waals surface area (Å²) in [5.74, 6) is 0.737. The number of aromatic nitrogens is 4. The van der Waals surface area contributed by atoms with Crippen LogP contribution in [0, 0.1) is 6.92 Å². The number of rotatable bonds is 3. The molecule has 1 aromatic heterocycles. The molecule has 1 atom stereocenters. The van der Waals surface area contributed by atoms with E-state index in [0.717, 1.165) is 23.4 Å². The van der Waals surface area contributed by atoms with Crippen LogP contribution in [0.15, 0.2) is 18.2 Å². The molecule has 2 N–H and O–H groups in total. The third kappa shape index (κ3) is 2.13. The van der Waals surface area contributed by atoms with Gasteiger partial charge < -0.3 is 5.73 Å². The van der Waals surface area contributed by atoms with Crippen molar-refractivity contribution >= 4 is 5.69 Å². The van der Waals surface area contributed by atoms with E-state index in [1.54, 1.807) is 0 Å². The minimum atomic E-state index is 0.264. The molecule has 2 aromatic rings. The van der Waals surface area contributed by atoms with Crippen molar-refractivity contribution in [1.29, 1.82) is 0 Å². The predicted octanol–water partition coefficient (Wildman–Crippen LogP) is 2.20. The quantitative estimate of drug-likeness (QED) is 0.822. The molecule has 0 aliphatic heterocycles. The molecule has 0 fully saturated rings. The predicted molar refractivity (Wildman–Crippen MR) is 67.4 cm³/mol. The molecular formula is C12H17N5. The van der Waals surface area contributed by atoms with Crippen LogP contribution in [0.5, 0.6) is 0 Å². The van der Waals surface area contributed by atoms with Crippen LogP contribution in [-0.2, 0) is 0 Å². The van der Waals surface area contributed by atoms with E-state index in [2.05, 4.69) is 29.4 Å². The first-order valence-corrected chi connectivity index (χ1v) is 5.77. The summed E-state index contributed by atoms with van der Waals surface area (Å²) >= 11 is 0. The van der Waals surface area contributed by atoms with Gasteiger partial charge in [0.25, 0.3) is 0 Å². The van der Waals surface area contributed by atoms with E-state index in [4.69, 9.17) is 5.73 Å². The number of hydrogen-bond donors (Lipinski definition) is 1. The molecule has 0 aliphatic rings. The van der Waals surface area contributed by atoms with Crippen molar-refractivity contribution in [2.45, 2.75) is 33.2 Å². The van der Waals surface area contributed by atoms with Crippen molar-refractivity contribution in [3.63, 3.8) is 0 Å². The van der Waals surface area contributed by atoms with Gasteiger partial charge in [-0.05, 0) is 42.8 Å². The summed E-state index contributed by atoms with van der Waals surface area (Å²) < 4.78 is 1.82. The highest BCUT2D eigenvalue weighted by Crippen LogP contribution is 2.26. The van der Waals surface area contributed by atoms with Crippen LogP contribution in [0.25, 0.3) is 11.4 Å². The first kappa shape index (κ1) is 11.6. The van der Waals surface area contributed by atoms with Gasteiger partial charge in [-0.3, -0.25) is 0 Å². The molecule has 1 heterocycles. The van der Waals surface area contributed by atoms with Crippen LogP contribution in [0.3, 0.4) is 0 Å². The number of nitrogens with two attached hydrogens (primary N) is 1. The van der Waals surface area contributed by atoms with E-state index < -0.39 is 0 Å². The number of anilines is 1. The topological polar surface area (TPSA) is 69.6 Å². The van der Waals surface area contributed by atoms with E-state index in [9.17, 15) is 0 Å². The maximum atomic E-state index is 5.98. The van der Waals surface area contributed by atoms with Gasteiger partial charge in [-0.1, -0.05) is 18.6 Å². The summed E-state index contributed by atoms with van der Waals surface area (Å²) in [5.41, 5.74) is 8.73. The molecule has 0 spiro atoms. The molecule has 1 aromatic carbocycles. The standard InChI is InChI=1S/C12H17N5/c1-4-9(3)17-12(14-15-16-17)10-7-8(2)5-6-11(10)13/h5-7,9H,4,13H2,1-3H3. The summed E-state index contributed by atoms with van der Waals surface area (Å²) in [6, 6.07) is 6.15. The summed E-state index contributed by atoms with van der Waals surface area (Å²) in [5, 5.41) is 11.9. The van der Waals surface area contributed by atoms with Crippen LogP contribution in [0.4, 0.5) is 5.69 Å². The van der Waals surface area contributed by atoms with Crippen molar-refractivity contribution < 1.29 is 0 Å². The van der Waals surface area contributed by atoms with E-state index >= 15 is 0 Å². The lowest BCUT2D eigenvalue weighted by Crippen LogP contribution is -2.08. The molecule has 0 saturated heterocycles. The minimum Gasteiger partial charge on any atom is -0.398 e. The number of tetrazole rings is 1. The molecular weight excluding hydrogens is 214 g/mol. The largest absolute Gasteiger partial charge is 0.398 e. The van der Waals surface area contributed by atoms with Gasteiger partial charge in [-0.2, -0.15) is 0 Å². The second-order valence-corrected chi connectivity index (χ2v) is 4.30. The Morgan fingerprint density at radius 1 is 1.41 bits per heavy atom. The lowest BCUT2D eigenvalue weighted by Gasteiger charge is -2.12. The van der Waals surface area contributed by atoms with Crippen molar-refractivity contribution in [3.05, 3.63) is 23.8 Å². The van der Waals surface area contributed by atoms with Crippen molar-refractivity contribution in [2.24, 2.45) is 0 Å². The molecule has 17 heavy (non-hydrogen) atoms. The number of nitrogen functional groups attached to an aromatic ring is 1. The zero-order chi connectivity index (χ0) is 12.4. The van der Waals surface area contributed by atoms with E-state index in [-0.39, 0.29) is 6.04 Å². The Morgan fingerprint density at radius 3 is 2.88 bits per heavy atom. The Bertz CT molecular complexity index is 517. The van der Waals surface area contributed by atoms with Crippen LogP contribution < -0.4 is 5.73 Å². The van der Waals surface area contributed by atoms with Crippen LogP contribution in [0.1, 0.15) is 31.9 Å². The van der Waals surface area contributed by atoms with Gasteiger partial charge in [0.15, 0.2) is 5.82 Å². The summed E-state index contributed by atoms with van der Waals surface area (Å²) in [6.45, 7) is 6.22. The van der Waals surface area contributed by atoms with Crippen molar-refractivity contribution in [2.75, 3.05) is 5.73 Å². The SMILES string of the molecule is CCC(C)n1nnnc1-c1cc(C)ccc1N. The minimum absolute atomic E-state index is 0.264. The van der Waals surface area contributed by atoms with Gasteiger partial charge in [0.2, 0.25) is 0 Å². The highest BCUT2D eigenvalue weighted by atomic mass is 15.5. The fourth-order valence-electron chi connectivity index (χ4n) is 1.70. The third-order valence-electron chi connectivity index (χ3n) is 2.95. The fraction of sp³-hybridized carbons (Fsp3) is 0.417. The maximum Gasteiger partial charge on any atom is 0.184 e. The highest BCUT2D eigenvalue weighted by Gasteiger charge is 2.15. The number of nitrogens with zero attached hydrogens (tertiary/aromatic N) is 4. The van der Waals surface area contributed by atoms with Gasteiger partial charge in [-0.15, -0.1) is 5.10 Å². The van der Waals surface area contributed by atoms with Gasteiger partial charge in [0, 0.05) is 11.3 Å². The highest BCUT2D eigenvalue weighted by molar-refractivity contribution is 5.72. The van der Waals surface area contributed by atoms with E-state index in [1.165, 1.54) is 0 Å². The van der Waals surface area contributed by atoms with E-state index in [0.29, 0.717) is 5.69 Å². The summed E-state index contributed by atoms with van der Waals surface area (Å²) in [4.78, 5) is 0. The third-order valence-corrected chi connectivity index (χ3v) is 2.95. The first-order chi connectivity index (χ1) is 8.13. The molecule has 5 heteroatoms. The van der Waals surface area contributed by atoms with Crippen molar-refractivity contribution in [3.8, 4) is 11.4 Å². The molecule has 0 amide bonds. The normalized spacial score (nSPS) is 12.6. The molecule has 0 bridgehead atoms. The zero-order valence-electron chi connectivity index (χ0n) is 10.4. The lowest BCUT2D eigenvalue weighted by atomic mass is 10.1. The zero-order valence-corrected chi connectivity index (χ0v) is 10.4. The molecule has 0 saturated carbocycles. The molecule has 0 radical (unpaired) electrons. The van der Waals surface area contributed by atoms with Crippen molar-refractivity contribution in [1.82, 2.24) is 20.2 Å². The molecule has 90 valence electrons. The van der Waals surface area contributed by atoms with Gasteiger partial charge >= 0.3 is 0 Å². The van der Waals surface area contributed by atoms with Gasteiger partial charge in [-0.25, -0.2) is 4.68 Å². The molecule has 2 rings (SSSR count). The molecule has 5 nitrogen and oxygen atoms in total. The Balaban J connectivity index is 2.53. The number of aryl methyl sites for hydroxylation is 1. The fourth-order valence-corrected chi connectivity index (χ4v) is 1.70. The Kier molecular flexibility index (Phi) is 3.08. The molecule has 0 aliphatic carbocycles. The van der Waals surface area contributed by atoms with E-state index in [1.807, 2.05) is 29.8 Å². The lowest BCUT2D eigenvalue weighted by molar-refractivity contribution is 0.469. The number of benzene rings is 1. The first-order valence-electron chi connectivity index (χ1n) is 5.77. The summed E-state index contributed by atoms with van der Waals surface area (Å²) in [7, 11) is 0. The smallest absolute Gasteiger partial charge is 0.184 e. The van der Waals surface area contributed by atoms with Crippen LogP contribution in [0.2, 0.25) is 0 Å². The maximum absolute atomic E-state index is 5.98. The number of hydrogen-bond acceptors (Lipinski definition) is 4. The average molecular weight is 231 g/mol. The monoisotopic (exact) mass is 231 g/mol. The Hall–Kier alpha value is -1.91. The average Bonchev–Trinajstić information content (AvgIpc) is 2.80. The van der Waals surface area contributed by atoms with Crippen LogP contribution in [-0.4, -0.2) is 20.2 Å². The Morgan fingerprint density at radius 2 is 2.18 bits per heavy atom. The Labute approximate surface area is 101 Å². The van der Waals surface area contributed by atoms with Gasteiger partial charge in [0.05, 0.1) is 6.04 Å². The van der Waals surface area contributed by atoms with Gasteiger partial charge in [0.1, 0.15) is 0 Å². The second kappa shape index (κ2) is 4.53. The van der Waals surface area contributed by atoms with Crippen LogP contribution >= 0.6 is 0 Å². The molecule has 1 unspecified atom stereocenters. The summed E-state index contributed by atoms with van der Waals surface area (Å²) in [6.07, 6.45) is 0.976. The second-order valence-electron chi connectivity index (χ2n) is 4.30.